The Labute approximate surface area is 77.7 Å². The van der Waals surface area contributed by atoms with E-state index in [9.17, 15) is 9.18 Å². The number of Topliss-reactive ketones (excluding diaryl/α,β-unsaturated/α-hetero) is 1. The Balaban J connectivity index is 3.20. The smallest absolute Gasteiger partial charge is 0.236 e. The molecule has 1 aromatic carbocycles. The van der Waals surface area contributed by atoms with Crippen LogP contribution in [0.2, 0.25) is 0 Å². The molecule has 12 heavy (non-hydrogen) atoms. The van der Waals surface area contributed by atoms with Crippen molar-refractivity contribution in [3.8, 4) is 12.3 Å². The Kier molecular flexibility index (Phi) is 2.61. The first-order valence-electron chi connectivity index (χ1n) is 3.11. The van der Waals surface area contributed by atoms with Crippen molar-refractivity contribution in [1.29, 1.82) is 0 Å². The number of halogens is 2. The van der Waals surface area contributed by atoms with Gasteiger partial charge in [0, 0.05) is 10.0 Å². The lowest BCUT2D eigenvalue weighted by Gasteiger charge is -1.97. The Morgan fingerprint density at radius 2 is 2.25 bits per heavy atom. The molecule has 0 saturated heterocycles. The van der Waals surface area contributed by atoms with Crippen molar-refractivity contribution in [3.05, 3.63) is 34.1 Å². The minimum atomic E-state index is -0.457. The van der Waals surface area contributed by atoms with Gasteiger partial charge in [0.15, 0.2) is 0 Å². The van der Waals surface area contributed by atoms with Crippen LogP contribution in [0, 0.1) is 18.2 Å². The molecular formula is C9H4BrFO. The zero-order valence-corrected chi connectivity index (χ0v) is 7.56. The second-order valence-corrected chi connectivity index (χ2v) is 2.95. The van der Waals surface area contributed by atoms with Crippen LogP contribution in [-0.4, -0.2) is 5.78 Å². The van der Waals surface area contributed by atoms with Crippen LogP contribution in [0.3, 0.4) is 0 Å². The van der Waals surface area contributed by atoms with Crippen LogP contribution in [0.25, 0.3) is 0 Å². The van der Waals surface area contributed by atoms with Crippen molar-refractivity contribution in [1.82, 2.24) is 0 Å². The Hall–Kier alpha value is -1.14. The van der Waals surface area contributed by atoms with Crippen molar-refractivity contribution in [3.63, 3.8) is 0 Å². The zero-order chi connectivity index (χ0) is 9.14. The molecule has 0 N–H and O–H groups in total. The highest BCUT2D eigenvalue weighted by Gasteiger charge is 2.07. The van der Waals surface area contributed by atoms with Crippen LogP contribution in [0.4, 0.5) is 4.39 Å². The number of benzene rings is 1. The van der Waals surface area contributed by atoms with Gasteiger partial charge in [0.05, 0.1) is 0 Å². The van der Waals surface area contributed by atoms with Crippen molar-refractivity contribution < 1.29 is 9.18 Å². The van der Waals surface area contributed by atoms with Gasteiger partial charge in [0.1, 0.15) is 5.82 Å². The Bertz CT molecular complexity index is 365. The molecule has 0 unspecified atom stereocenters. The lowest BCUT2D eigenvalue weighted by Crippen LogP contribution is -1.95. The number of carbonyl (C=O) groups is 1. The van der Waals surface area contributed by atoms with Crippen molar-refractivity contribution in [2.45, 2.75) is 0 Å². The molecule has 1 nitrogen and oxygen atoms in total. The number of ketones is 1. The van der Waals surface area contributed by atoms with Gasteiger partial charge in [-0.3, -0.25) is 4.79 Å². The summed E-state index contributed by atoms with van der Waals surface area (Å²) in [6, 6.07) is 3.74. The molecule has 3 heteroatoms. The number of hydrogen-bond donors (Lipinski definition) is 0. The first-order valence-corrected chi connectivity index (χ1v) is 3.90. The lowest BCUT2D eigenvalue weighted by molar-refractivity contribution is 0.105. The predicted octanol–water partition coefficient (Wildman–Crippen LogP) is 2.40. The highest BCUT2D eigenvalue weighted by Crippen LogP contribution is 2.17. The van der Waals surface area contributed by atoms with Crippen LogP contribution in [0.15, 0.2) is 22.7 Å². The quantitative estimate of drug-likeness (QED) is 0.409. The minimum absolute atomic E-state index is 0.305. The average molecular weight is 227 g/mol. The van der Waals surface area contributed by atoms with Crippen LogP contribution >= 0.6 is 15.9 Å². The number of hydrogen-bond acceptors (Lipinski definition) is 1. The van der Waals surface area contributed by atoms with Crippen molar-refractivity contribution in [2.75, 3.05) is 0 Å². The number of terminal acetylenes is 1. The molecule has 0 bridgehead atoms. The molecule has 60 valence electrons. The molecule has 0 atom stereocenters. The van der Waals surface area contributed by atoms with Gasteiger partial charge in [-0.2, -0.15) is 0 Å². The van der Waals surface area contributed by atoms with E-state index in [2.05, 4.69) is 15.9 Å². The zero-order valence-electron chi connectivity index (χ0n) is 5.97. The van der Waals surface area contributed by atoms with Crippen molar-refractivity contribution >= 4 is 21.7 Å². The maximum atomic E-state index is 12.5. The van der Waals surface area contributed by atoms with E-state index in [0.29, 0.717) is 10.0 Å². The van der Waals surface area contributed by atoms with Gasteiger partial charge in [-0.1, -0.05) is 0 Å². The van der Waals surface area contributed by atoms with Gasteiger partial charge in [-0.05, 0) is 40.0 Å². The van der Waals surface area contributed by atoms with E-state index in [0.717, 1.165) is 0 Å². The summed E-state index contributed by atoms with van der Waals surface area (Å²) in [5.74, 6) is 1.09. The largest absolute Gasteiger partial charge is 0.279 e. The van der Waals surface area contributed by atoms with Crippen molar-refractivity contribution in [2.24, 2.45) is 0 Å². The predicted molar refractivity (Wildman–Crippen MR) is 47.3 cm³/mol. The summed E-state index contributed by atoms with van der Waals surface area (Å²) in [5, 5.41) is 0. The first kappa shape index (κ1) is 8.95. The van der Waals surface area contributed by atoms with Gasteiger partial charge < -0.3 is 0 Å². The molecule has 0 amide bonds. The summed E-state index contributed by atoms with van der Waals surface area (Å²) in [6.07, 6.45) is 4.90. The topological polar surface area (TPSA) is 17.1 Å². The standard InChI is InChI=1S/C9H4BrFO/c1-2-9(12)7-4-3-6(11)5-8(7)10/h1,3-5H. The maximum Gasteiger partial charge on any atom is 0.236 e. The maximum absolute atomic E-state index is 12.5. The highest BCUT2D eigenvalue weighted by atomic mass is 79.9. The summed E-state index contributed by atoms with van der Waals surface area (Å²) in [7, 11) is 0. The second-order valence-electron chi connectivity index (χ2n) is 2.10. The van der Waals surface area contributed by atoms with Gasteiger partial charge in [0.25, 0.3) is 0 Å². The van der Waals surface area contributed by atoms with E-state index >= 15 is 0 Å². The number of rotatable bonds is 1. The summed E-state index contributed by atoms with van der Waals surface area (Å²) >= 11 is 3.03. The van der Waals surface area contributed by atoms with Gasteiger partial charge in [-0.15, -0.1) is 6.42 Å². The molecule has 0 aliphatic heterocycles. The van der Waals surface area contributed by atoms with E-state index in [1.165, 1.54) is 18.2 Å². The average Bonchev–Trinajstić information content (AvgIpc) is 2.03. The Morgan fingerprint density at radius 1 is 1.58 bits per heavy atom. The van der Waals surface area contributed by atoms with E-state index in [1.54, 1.807) is 0 Å². The molecule has 0 radical (unpaired) electrons. The molecule has 1 aromatic rings. The van der Waals surface area contributed by atoms with Gasteiger partial charge >= 0.3 is 0 Å². The van der Waals surface area contributed by atoms with E-state index in [1.807, 2.05) is 5.92 Å². The second kappa shape index (κ2) is 3.51. The third-order valence-corrected chi connectivity index (χ3v) is 1.96. The van der Waals surface area contributed by atoms with Crippen LogP contribution in [0.5, 0.6) is 0 Å². The summed E-state index contributed by atoms with van der Waals surface area (Å²) in [5.41, 5.74) is 0.305. The van der Waals surface area contributed by atoms with Crippen LogP contribution in [0.1, 0.15) is 10.4 Å². The minimum Gasteiger partial charge on any atom is -0.279 e. The van der Waals surface area contributed by atoms with Crippen LogP contribution < -0.4 is 0 Å². The van der Waals surface area contributed by atoms with Crippen LogP contribution in [-0.2, 0) is 0 Å². The van der Waals surface area contributed by atoms with Gasteiger partial charge in [-0.25, -0.2) is 4.39 Å². The molecule has 0 fully saturated rings. The fraction of sp³-hybridized carbons (Fsp3) is 0. The SMILES string of the molecule is C#CC(=O)c1ccc(F)cc1Br. The first-order chi connectivity index (χ1) is 5.65. The highest BCUT2D eigenvalue weighted by molar-refractivity contribution is 9.10. The van der Waals surface area contributed by atoms with E-state index < -0.39 is 11.6 Å². The van der Waals surface area contributed by atoms with E-state index in [4.69, 9.17) is 6.42 Å². The molecule has 0 aliphatic carbocycles. The number of carbonyl (C=O) groups excluding carboxylic acids is 1. The molecule has 0 aliphatic rings. The summed E-state index contributed by atoms with van der Waals surface area (Å²) < 4.78 is 12.9. The Morgan fingerprint density at radius 3 is 2.75 bits per heavy atom. The fourth-order valence-electron chi connectivity index (χ4n) is 0.751. The molecule has 1 rings (SSSR count). The normalized spacial score (nSPS) is 9.08. The third-order valence-electron chi connectivity index (χ3n) is 1.31. The fourth-order valence-corrected chi connectivity index (χ4v) is 1.28. The lowest BCUT2D eigenvalue weighted by atomic mass is 10.1. The molecule has 0 saturated carbocycles. The molecule has 0 spiro atoms. The third kappa shape index (κ3) is 1.72. The van der Waals surface area contributed by atoms with Gasteiger partial charge in [0.2, 0.25) is 5.78 Å². The van der Waals surface area contributed by atoms with E-state index in [-0.39, 0.29) is 0 Å². The summed E-state index contributed by atoms with van der Waals surface area (Å²) in [6.45, 7) is 0. The monoisotopic (exact) mass is 226 g/mol. The summed E-state index contributed by atoms with van der Waals surface area (Å²) in [4.78, 5) is 11.0. The molecule has 0 heterocycles. The molecular weight excluding hydrogens is 223 g/mol. The molecule has 0 aromatic heterocycles.